The molecule has 0 aromatic heterocycles. The number of fused-ring (bicyclic) bond motifs is 2. The number of anilines is 1. The predicted octanol–water partition coefficient (Wildman–Crippen LogP) is 1.88. The van der Waals surface area contributed by atoms with Gasteiger partial charge in [-0.25, -0.2) is 0 Å². The van der Waals surface area contributed by atoms with Crippen molar-refractivity contribution in [3.05, 3.63) is 29.8 Å². The van der Waals surface area contributed by atoms with Gasteiger partial charge in [0.1, 0.15) is 0 Å². The first-order chi connectivity index (χ1) is 9.56. The van der Waals surface area contributed by atoms with E-state index in [1.807, 2.05) is 48.2 Å². The van der Waals surface area contributed by atoms with Crippen LogP contribution in [0.1, 0.15) is 36.0 Å². The Kier molecular flexibility index (Phi) is 3.42. The molecule has 2 heterocycles. The molecular weight excluding hydrogens is 252 g/mol. The average Bonchev–Trinajstić information content (AvgIpc) is 2.70. The second kappa shape index (κ2) is 5.09. The lowest BCUT2D eigenvalue weighted by atomic mass is 9.98. The second-order valence-corrected chi connectivity index (χ2v) is 6.17. The predicted molar refractivity (Wildman–Crippen MR) is 79.0 cm³/mol. The van der Waals surface area contributed by atoms with Gasteiger partial charge < -0.3 is 14.9 Å². The molecule has 2 aliphatic heterocycles. The van der Waals surface area contributed by atoms with Crippen LogP contribution in [0.4, 0.5) is 5.69 Å². The van der Waals surface area contributed by atoms with E-state index >= 15 is 0 Å². The fourth-order valence-corrected chi connectivity index (χ4v) is 3.55. The standard InChI is InChI=1S/C16H22N2O2/c1-17(2)12-5-3-4-11(8-12)16(20)18-13-6-7-14(18)10-15(19)9-13/h3-5,8,13-15,19H,6-7,9-10H2,1-2H3. The maximum atomic E-state index is 12.8. The van der Waals surface area contributed by atoms with Crippen LogP contribution in [-0.2, 0) is 0 Å². The zero-order valence-corrected chi connectivity index (χ0v) is 12.1. The summed E-state index contributed by atoms with van der Waals surface area (Å²) in [4.78, 5) is 16.8. The largest absolute Gasteiger partial charge is 0.393 e. The molecule has 2 saturated heterocycles. The maximum absolute atomic E-state index is 12.8. The molecule has 0 radical (unpaired) electrons. The average molecular weight is 274 g/mol. The molecule has 0 saturated carbocycles. The first-order valence-corrected chi connectivity index (χ1v) is 7.34. The molecule has 2 bridgehead atoms. The van der Waals surface area contributed by atoms with Crippen LogP contribution in [0.25, 0.3) is 0 Å². The monoisotopic (exact) mass is 274 g/mol. The van der Waals surface area contributed by atoms with Gasteiger partial charge in [0.15, 0.2) is 0 Å². The van der Waals surface area contributed by atoms with E-state index < -0.39 is 0 Å². The van der Waals surface area contributed by atoms with E-state index in [1.54, 1.807) is 0 Å². The van der Waals surface area contributed by atoms with E-state index in [-0.39, 0.29) is 24.1 Å². The minimum Gasteiger partial charge on any atom is -0.393 e. The van der Waals surface area contributed by atoms with Gasteiger partial charge in [0, 0.05) is 37.4 Å². The molecule has 4 heteroatoms. The van der Waals surface area contributed by atoms with Crippen molar-refractivity contribution in [2.24, 2.45) is 0 Å². The highest BCUT2D eigenvalue weighted by Gasteiger charge is 2.42. The van der Waals surface area contributed by atoms with Crippen LogP contribution in [0.15, 0.2) is 24.3 Å². The third kappa shape index (κ3) is 2.29. The molecule has 2 fully saturated rings. The molecule has 1 N–H and O–H groups in total. The SMILES string of the molecule is CN(C)c1cccc(C(=O)N2C3CCC2CC(O)C3)c1. The van der Waals surface area contributed by atoms with E-state index in [1.165, 1.54) is 0 Å². The number of piperidine rings is 1. The first-order valence-electron chi connectivity index (χ1n) is 7.34. The zero-order valence-electron chi connectivity index (χ0n) is 12.1. The van der Waals surface area contributed by atoms with Crippen molar-refractivity contribution in [2.45, 2.75) is 43.9 Å². The van der Waals surface area contributed by atoms with Crippen molar-refractivity contribution >= 4 is 11.6 Å². The van der Waals surface area contributed by atoms with Gasteiger partial charge in [-0.15, -0.1) is 0 Å². The van der Waals surface area contributed by atoms with Crippen LogP contribution < -0.4 is 4.90 Å². The van der Waals surface area contributed by atoms with Crippen molar-refractivity contribution in [1.82, 2.24) is 4.90 Å². The molecule has 2 unspecified atom stereocenters. The number of benzene rings is 1. The van der Waals surface area contributed by atoms with Crippen LogP contribution in [0.2, 0.25) is 0 Å². The van der Waals surface area contributed by atoms with Crippen LogP contribution >= 0.6 is 0 Å². The number of nitrogens with zero attached hydrogens (tertiary/aromatic N) is 2. The summed E-state index contributed by atoms with van der Waals surface area (Å²) in [5.41, 5.74) is 1.80. The van der Waals surface area contributed by atoms with Gasteiger partial charge in [0.05, 0.1) is 6.10 Å². The number of aliphatic hydroxyl groups excluding tert-OH is 1. The van der Waals surface area contributed by atoms with Gasteiger partial charge in [-0.05, 0) is 43.9 Å². The number of carbonyl (C=O) groups is 1. The van der Waals surface area contributed by atoms with Gasteiger partial charge in [-0.1, -0.05) is 6.07 Å². The quantitative estimate of drug-likeness (QED) is 0.895. The smallest absolute Gasteiger partial charge is 0.254 e. The van der Waals surface area contributed by atoms with Gasteiger partial charge in [-0.2, -0.15) is 0 Å². The Morgan fingerprint density at radius 3 is 2.50 bits per heavy atom. The number of aliphatic hydroxyl groups is 1. The van der Waals surface area contributed by atoms with Crippen molar-refractivity contribution in [1.29, 1.82) is 0 Å². The summed E-state index contributed by atoms with van der Waals surface area (Å²) in [5.74, 6) is 0.119. The number of carbonyl (C=O) groups excluding carboxylic acids is 1. The first kappa shape index (κ1) is 13.4. The Labute approximate surface area is 120 Å². The van der Waals surface area contributed by atoms with E-state index in [0.29, 0.717) is 0 Å². The van der Waals surface area contributed by atoms with Crippen LogP contribution in [0, 0.1) is 0 Å². The molecule has 108 valence electrons. The summed E-state index contributed by atoms with van der Waals surface area (Å²) in [6.45, 7) is 0. The van der Waals surface area contributed by atoms with E-state index in [9.17, 15) is 9.90 Å². The molecule has 4 nitrogen and oxygen atoms in total. The minimum absolute atomic E-state index is 0.119. The minimum atomic E-state index is -0.232. The molecule has 2 aliphatic rings. The Bertz CT molecular complexity index is 501. The molecule has 3 rings (SSSR count). The number of hydrogen-bond acceptors (Lipinski definition) is 3. The van der Waals surface area contributed by atoms with Crippen LogP contribution in [0.5, 0.6) is 0 Å². The summed E-state index contributed by atoms with van der Waals surface area (Å²) in [5, 5.41) is 9.83. The molecule has 1 amide bonds. The number of amides is 1. The Morgan fingerprint density at radius 2 is 1.90 bits per heavy atom. The highest BCUT2D eigenvalue weighted by molar-refractivity contribution is 5.95. The summed E-state index contributed by atoms with van der Waals surface area (Å²) < 4.78 is 0. The fourth-order valence-electron chi connectivity index (χ4n) is 3.55. The molecule has 1 aromatic rings. The summed E-state index contributed by atoms with van der Waals surface area (Å²) in [7, 11) is 3.95. The van der Waals surface area contributed by atoms with E-state index in [4.69, 9.17) is 0 Å². The third-order valence-electron chi connectivity index (χ3n) is 4.55. The fraction of sp³-hybridized carbons (Fsp3) is 0.562. The lowest BCUT2D eigenvalue weighted by molar-refractivity contribution is 0.0287. The molecule has 0 aliphatic carbocycles. The second-order valence-electron chi connectivity index (χ2n) is 6.17. The molecule has 20 heavy (non-hydrogen) atoms. The van der Waals surface area contributed by atoms with Gasteiger partial charge in [0.25, 0.3) is 5.91 Å². The van der Waals surface area contributed by atoms with Crippen molar-refractivity contribution in [2.75, 3.05) is 19.0 Å². The number of rotatable bonds is 2. The topological polar surface area (TPSA) is 43.8 Å². The van der Waals surface area contributed by atoms with Crippen LogP contribution in [-0.4, -0.2) is 48.2 Å². The maximum Gasteiger partial charge on any atom is 0.254 e. The summed E-state index contributed by atoms with van der Waals surface area (Å²) >= 11 is 0. The lowest BCUT2D eigenvalue weighted by Crippen LogP contribution is -2.48. The molecule has 1 aromatic carbocycles. The van der Waals surface area contributed by atoms with Gasteiger partial charge in [-0.3, -0.25) is 4.79 Å². The van der Waals surface area contributed by atoms with Crippen molar-refractivity contribution in [3.63, 3.8) is 0 Å². The van der Waals surface area contributed by atoms with Gasteiger partial charge in [0.2, 0.25) is 0 Å². The Hall–Kier alpha value is -1.55. The Balaban J connectivity index is 1.84. The third-order valence-corrected chi connectivity index (χ3v) is 4.55. The lowest BCUT2D eigenvalue weighted by Gasteiger charge is -2.37. The van der Waals surface area contributed by atoms with Crippen molar-refractivity contribution < 1.29 is 9.90 Å². The van der Waals surface area contributed by atoms with Crippen molar-refractivity contribution in [3.8, 4) is 0 Å². The zero-order chi connectivity index (χ0) is 14.3. The van der Waals surface area contributed by atoms with E-state index in [0.717, 1.165) is 36.9 Å². The highest BCUT2D eigenvalue weighted by atomic mass is 16.3. The summed E-state index contributed by atoms with van der Waals surface area (Å²) in [6, 6.07) is 8.22. The normalized spacial score (nSPS) is 28.6. The Morgan fingerprint density at radius 1 is 1.25 bits per heavy atom. The number of hydrogen-bond donors (Lipinski definition) is 1. The van der Waals surface area contributed by atoms with E-state index in [2.05, 4.69) is 0 Å². The summed E-state index contributed by atoms with van der Waals surface area (Å²) in [6.07, 6.45) is 3.29. The van der Waals surface area contributed by atoms with Gasteiger partial charge >= 0.3 is 0 Å². The molecule has 2 atom stereocenters. The van der Waals surface area contributed by atoms with Crippen LogP contribution in [0.3, 0.4) is 0 Å². The highest BCUT2D eigenvalue weighted by Crippen LogP contribution is 2.36. The molecule has 0 spiro atoms. The molecular formula is C16H22N2O2.